The third kappa shape index (κ3) is 2.97. The van der Waals surface area contributed by atoms with Gasteiger partial charge in [-0.05, 0) is 42.5 Å². The van der Waals surface area contributed by atoms with E-state index in [0.29, 0.717) is 0 Å². The molecule has 2 N–H and O–H groups in total. The predicted molar refractivity (Wildman–Crippen MR) is 65.7 cm³/mol. The molecule has 1 fully saturated rings. The second-order valence-electron chi connectivity index (χ2n) is 4.89. The van der Waals surface area contributed by atoms with Crippen molar-refractivity contribution in [2.75, 3.05) is 5.73 Å². The molecule has 1 aromatic carbocycles. The summed E-state index contributed by atoms with van der Waals surface area (Å²) in [7, 11) is 0. The summed E-state index contributed by atoms with van der Waals surface area (Å²) in [6.07, 6.45) is 8.89. The highest BCUT2D eigenvalue weighted by atomic mass is 19.1. The zero-order chi connectivity index (χ0) is 11.4. The van der Waals surface area contributed by atoms with Crippen molar-refractivity contribution in [2.45, 2.75) is 44.9 Å². The fourth-order valence-electron chi connectivity index (χ4n) is 2.63. The first-order valence-corrected chi connectivity index (χ1v) is 6.29. The van der Waals surface area contributed by atoms with Crippen molar-refractivity contribution < 1.29 is 4.39 Å². The minimum absolute atomic E-state index is 0.173. The molecule has 0 aromatic heterocycles. The average Bonchev–Trinajstić information content (AvgIpc) is 2.32. The van der Waals surface area contributed by atoms with Gasteiger partial charge in [0.1, 0.15) is 5.82 Å². The highest BCUT2D eigenvalue weighted by molar-refractivity contribution is 5.46. The molecular formula is C14H20FN. The number of halogens is 1. The summed E-state index contributed by atoms with van der Waals surface area (Å²) in [4.78, 5) is 0. The SMILES string of the molecule is Nc1ccc(F)cc1CCC1CCCCC1. The van der Waals surface area contributed by atoms with Crippen LogP contribution in [0.2, 0.25) is 0 Å². The van der Waals surface area contributed by atoms with Crippen LogP contribution in [0.3, 0.4) is 0 Å². The number of benzene rings is 1. The normalized spacial score (nSPS) is 17.6. The summed E-state index contributed by atoms with van der Waals surface area (Å²) in [5, 5.41) is 0. The van der Waals surface area contributed by atoms with Gasteiger partial charge in [0.2, 0.25) is 0 Å². The Morgan fingerprint density at radius 2 is 1.94 bits per heavy atom. The van der Waals surface area contributed by atoms with E-state index >= 15 is 0 Å². The zero-order valence-corrected chi connectivity index (χ0v) is 9.71. The van der Waals surface area contributed by atoms with E-state index < -0.39 is 0 Å². The molecule has 0 amide bonds. The second-order valence-corrected chi connectivity index (χ2v) is 4.89. The molecule has 0 unspecified atom stereocenters. The molecule has 88 valence electrons. The van der Waals surface area contributed by atoms with Crippen LogP contribution in [0.1, 0.15) is 44.1 Å². The van der Waals surface area contributed by atoms with Crippen molar-refractivity contribution in [3.05, 3.63) is 29.6 Å². The van der Waals surface area contributed by atoms with E-state index in [1.54, 1.807) is 12.1 Å². The van der Waals surface area contributed by atoms with Gasteiger partial charge < -0.3 is 5.73 Å². The molecule has 2 heteroatoms. The van der Waals surface area contributed by atoms with Crippen molar-refractivity contribution in [2.24, 2.45) is 5.92 Å². The number of aryl methyl sites for hydroxylation is 1. The summed E-state index contributed by atoms with van der Waals surface area (Å²) >= 11 is 0. The van der Waals surface area contributed by atoms with Crippen LogP contribution in [-0.2, 0) is 6.42 Å². The van der Waals surface area contributed by atoms with Crippen molar-refractivity contribution in [1.82, 2.24) is 0 Å². The number of hydrogen-bond donors (Lipinski definition) is 1. The molecule has 2 rings (SSSR count). The minimum Gasteiger partial charge on any atom is -0.399 e. The molecule has 0 radical (unpaired) electrons. The van der Waals surface area contributed by atoms with Gasteiger partial charge in [-0.1, -0.05) is 32.1 Å². The fraction of sp³-hybridized carbons (Fsp3) is 0.571. The Morgan fingerprint density at radius 3 is 2.69 bits per heavy atom. The van der Waals surface area contributed by atoms with Crippen LogP contribution in [-0.4, -0.2) is 0 Å². The Morgan fingerprint density at radius 1 is 1.19 bits per heavy atom. The largest absolute Gasteiger partial charge is 0.399 e. The monoisotopic (exact) mass is 221 g/mol. The molecule has 0 aliphatic heterocycles. The summed E-state index contributed by atoms with van der Waals surface area (Å²) in [5.74, 6) is 0.657. The summed E-state index contributed by atoms with van der Waals surface area (Å²) in [6, 6.07) is 4.68. The molecular weight excluding hydrogens is 201 g/mol. The first-order valence-electron chi connectivity index (χ1n) is 6.29. The zero-order valence-electron chi connectivity index (χ0n) is 9.71. The van der Waals surface area contributed by atoms with E-state index in [1.165, 1.54) is 38.2 Å². The van der Waals surface area contributed by atoms with E-state index in [2.05, 4.69) is 0 Å². The molecule has 1 nitrogen and oxygen atoms in total. The Hall–Kier alpha value is -1.05. The van der Waals surface area contributed by atoms with Gasteiger partial charge in [-0.25, -0.2) is 4.39 Å². The standard InChI is InChI=1S/C14H20FN/c15-13-8-9-14(16)12(10-13)7-6-11-4-2-1-3-5-11/h8-11H,1-7,16H2. The van der Waals surface area contributed by atoms with E-state index in [1.807, 2.05) is 0 Å². The van der Waals surface area contributed by atoms with E-state index in [-0.39, 0.29) is 5.82 Å². The first kappa shape index (κ1) is 11.4. The molecule has 1 aliphatic carbocycles. The highest BCUT2D eigenvalue weighted by Gasteiger charge is 2.13. The number of nitrogens with two attached hydrogens (primary N) is 1. The number of anilines is 1. The molecule has 1 saturated carbocycles. The summed E-state index contributed by atoms with van der Waals surface area (Å²) in [5.41, 5.74) is 7.55. The van der Waals surface area contributed by atoms with Gasteiger partial charge >= 0.3 is 0 Å². The molecule has 0 saturated heterocycles. The van der Waals surface area contributed by atoms with Gasteiger partial charge in [-0.3, -0.25) is 0 Å². The van der Waals surface area contributed by atoms with Gasteiger partial charge in [0.05, 0.1) is 0 Å². The smallest absolute Gasteiger partial charge is 0.123 e. The van der Waals surface area contributed by atoms with Gasteiger partial charge in [0, 0.05) is 5.69 Å². The Balaban J connectivity index is 1.90. The van der Waals surface area contributed by atoms with Crippen LogP contribution >= 0.6 is 0 Å². The number of nitrogen functional groups attached to an aromatic ring is 1. The second kappa shape index (κ2) is 5.33. The highest BCUT2D eigenvalue weighted by Crippen LogP contribution is 2.28. The third-order valence-corrected chi connectivity index (χ3v) is 3.65. The maximum atomic E-state index is 13.1. The molecule has 16 heavy (non-hydrogen) atoms. The van der Waals surface area contributed by atoms with E-state index in [4.69, 9.17) is 5.73 Å². The van der Waals surface area contributed by atoms with Crippen molar-refractivity contribution in [3.8, 4) is 0 Å². The van der Waals surface area contributed by atoms with Gasteiger partial charge in [0.25, 0.3) is 0 Å². The average molecular weight is 221 g/mol. The fourth-order valence-corrected chi connectivity index (χ4v) is 2.63. The lowest BCUT2D eigenvalue weighted by molar-refractivity contribution is 0.339. The van der Waals surface area contributed by atoms with Gasteiger partial charge in [-0.15, -0.1) is 0 Å². The Kier molecular flexibility index (Phi) is 3.81. The number of hydrogen-bond acceptors (Lipinski definition) is 1. The van der Waals surface area contributed by atoms with Crippen LogP contribution in [0, 0.1) is 11.7 Å². The lowest BCUT2D eigenvalue weighted by Crippen LogP contribution is -2.08. The topological polar surface area (TPSA) is 26.0 Å². The molecule has 1 aromatic rings. The van der Waals surface area contributed by atoms with Gasteiger partial charge in [0.15, 0.2) is 0 Å². The van der Waals surface area contributed by atoms with Crippen LogP contribution in [0.4, 0.5) is 10.1 Å². The van der Waals surface area contributed by atoms with Crippen LogP contribution in [0.25, 0.3) is 0 Å². The van der Waals surface area contributed by atoms with E-state index in [0.717, 1.165) is 30.0 Å². The number of rotatable bonds is 3. The molecule has 1 aliphatic rings. The first-order chi connectivity index (χ1) is 7.75. The molecule has 0 atom stereocenters. The molecule has 0 spiro atoms. The summed E-state index contributed by atoms with van der Waals surface area (Å²) < 4.78 is 13.1. The Labute approximate surface area is 96.9 Å². The Bertz CT molecular complexity index is 343. The van der Waals surface area contributed by atoms with Crippen LogP contribution in [0.5, 0.6) is 0 Å². The lowest BCUT2D eigenvalue weighted by atomic mass is 9.85. The quantitative estimate of drug-likeness (QED) is 0.769. The predicted octanol–water partition coefficient (Wildman–Crippen LogP) is 3.92. The maximum Gasteiger partial charge on any atom is 0.123 e. The minimum atomic E-state index is -0.173. The molecule has 0 heterocycles. The third-order valence-electron chi connectivity index (χ3n) is 3.65. The van der Waals surface area contributed by atoms with Crippen molar-refractivity contribution >= 4 is 5.69 Å². The molecule has 0 bridgehead atoms. The van der Waals surface area contributed by atoms with E-state index in [9.17, 15) is 4.39 Å². The van der Waals surface area contributed by atoms with Gasteiger partial charge in [-0.2, -0.15) is 0 Å². The van der Waals surface area contributed by atoms with Crippen LogP contribution < -0.4 is 5.73 Å². The summed E-state index contributed by atoms with van der Waals surface area (Å²) in [6.45, 7) is 0. The van der Waals surface area contributed by atoms with Crippen molar-refractivity contribution in [3.63, 3.8) is 0 Å². The van der Waals surface area contributed by atoms with Crippen molar-refractivity contribution in [1.29, 1.82) is 0 Å². The maximum absolute atomic E-state index is 13.1. The lowest BCUT2D eigenvalue weighted by Gasteiger charge is -2.21. The van der Waals surface area contributed by atoms with Crippen LogP contribution in [0.15, 0.2) is 18.2 Å².